The molecule has 0 N–H and O–H groups in total. The molecule has 0 aliphatic carbocycles. The molecule has 0 heterocycles. The number of likely N-dealkylation sites (N-methyl/N-ethyl adjacent to an activating group) is 1. The Labute approximate surface area is 155 Å². The molecule has 0 bridgehead atoms. The van der Waals surface area contributed by atoms with Crippen molar-refractivity contribution < 1.29 is 19.2 Å². The van der Waals surface area contributed by atoms with Crippen molar-refractivity contribution in [2.45, 2.75) is 20.0 Å². The van der Waals surface area contributed by atoms with Gasteiger partial charge in [0.25, 0.3) is 11.6 Å². The fourth-order valence-electron chi connectivity index (χ4n) is 2.40. The first-order chi connectivity index (χ1) is 12.3. The molecule has 0 spiro atoms. The summed E-state index contributed by atoms with van der Waals surface area (Å²) in [6.07, 6.45) is -1.12. The van der Waals surface area contributed by atoms with E-state index in [1.54, 1.807) is 31.2 Å². The van der Waals surface area contributed by atoms with Crippen LogP contribution in [-0.2, 0) is 9.53 Å². The van der Waals surface area contributed by atoms with Gasteiger partial charge in [-0.05, 0) is 38.1 Å². The predicted octanol–water partition coefficient (Wildman–Crippen LogP) is 3.85. The molecule has 0 radical (unpaired) electrons. The van der Waals surface area contributed by atoms with E-state index >= 15 is 0 Å². The standard InChI is InChI=1S/C18H17ClN2O5/c1-3-20(14-7-5-4-6-8-14)17(22)12(2)26-18(23)15-11-13(19)9-10-16(15)21(24)25/h4-12H,3H2,1-2H3/t12-/m0/s1. The van der Waals surface area contributed by atoms with E-state index in [1.165, 1.54) is 17.9 Å². The van der Waals surface area contributed by atoms with E-state index in [2.05, 4.69) is 0 Å². The third-order valence-electron chi connectivity index (χ3n) is 3.66. The van der Waals surface area contributed by atoms with Crippen LogP contribution in [0, 0.1) is 10.1 Å². The minimum atomic E-state index is -1.12. The molecular formula is C18H17ClN2O5. The fourth-order valence-corrected chi connectivity index (χ4v) is 2.57. The Morgan fingerprint density at radius 3 is 2.46 bits per heavy atom. The van der Waals surface area contributed by atoms with Crippen LogP contribution in [0.5, 0.6) is 0 Å². The molecule has 0 aliphatic rings. The highest BCUT2D eigenvalue weighted by Gasteiger charge is 2.28. The van der Waals surface area contributed by atoms with E-state index in [4.69, 9.17) is 16.3 Å². The Bertz CT molecular complexity index is 826. The Morgan fingerprint density at radius 2 is 1.88 bits per heavy atom. The number of nitrogens with zero attached hydrogens (tertiary/aromatic N) is 2. The highest BCUT2D eigenvalue weighted by Crippen LogP contribution is 2.24. The number of hydrogen-bond donors (Lipinski definition) is 0. The van der Waals surface area contributed by atoms with Crippen LogP contribution >= 0.6 is 11.6 Å². The van der Waals surface area contributed by atoms with Crippen LogP contribution in [0.3, 0.4) is 0 Å². The molecule has 2 rings (SSSR count). The molecule has 2 aromatic rings. The number of anilines is 1. The summed E-state index contributed by atoms with van der Waals surface area (Å²) in [7, 11) is 0. The average molecular weight is 377 g/mol. The summed E-state index contributed by atoms with van der Waals surface area (Å²) >= 11 is 5.81. The van der Waals surface area contributed by atoms with Gasteiger partial charge < -0.3 is 9.64 Å². The summed E-state index contributed by atoms with van der Waals surface area (Å²) in [4.78, 5) is 36.8. The number of halogens is 1. The largest absolute Gasteiger partial charge is 0.449 e. The van der Waals surface area contributed by atoms with Crippen LogP contribution in [0.2, 0.25) is 5.02 Å². The normalized spacial score (nSPS) is 11.5. The molecular weight excluding hydrogens is 360 g/mol. The summed E-state index contributed by atoms with van der Waals surface area (Å²) < 4.78 is 5.16. The number of nitro benzene ring substituents is 1. The number of rotatable bonds is 6. The molecule has 0 aliphatic heterocycles. The van der Waals surface area contributed by atoms with Crippen molar-refractivity contribution in [1.82, 2.24) is 0 Å². The van der Waals surface area contributed by atoms with Gasteiger partial charge in [0.15, 0.2) is 6.10 Å². The Hall–Kier alpha value is -2.93. The highest BCUT2D eigenvalue weighted by atomic mass is 35.5. The maximum atomic E-state index is 12.6. The monoisotopic (exact) mass is 376 g/mol. The zero-order valence-corrected chi connectivity index (χ0v) is 15.0. The second-order valence-corrected chi connectivity index (χ2v) is 5.82. The Morgan fingerprint density at radius 1 is 1.23 bits per heavy atom. The van der Waals surface area contributed by atoms with Crippen LogP contribution in [0.25, 0.3) is 0 Å². The number of hydrogen-bond acceptors (Lipinski definition) is 5. The van der Waals surface area contributed by atoms with Crippen molar-refractivity contribution in [2.24, 2.45) is 0 Å². The Kier molecular flexibility index (Phi) is 6.30. The molecule has 0 saturated carbocycles. The van der Waals surface area contributed by atoms with Gasteiger partial charge >= 0.3 is 5.97 Å². The van der Waals surface area contributed by atoms with Crippen molar-refractivity contribution >= 4 is 34.9 Å². The molecule has 1 amide bonds. The molecule has 0 aromatic heterocycles. The lowest BCUT2D eigenvalue weighted by atomic mass is 10.2. The number of benzene rings is 2. The lowest BCUT2D eigenvalue weighted by Crippen LogP contribution is -2.40. The molecule has 26 heavy (non-hydrogen) atoms. The van der Waals surface area contributed by atoms with Gasteiger partial charge in [-0.2, -0.15) is 0 Å². The number of carbonyl (C=O) groups is 2. The van der Waals surface area contributed by atoms with Gasteiger partial charge in [0.1, 0.15) is 5.56 Å². The van der Waals surface area contributed by atoms with Gasteiger partial charge in [-0.15, -0.1) is 0 Å². The molecule has 8 heteroatoms. The van der Waals surface area contributed by atoms with Crippen molar-refractivity contribution in [3.63, 3.8) is 0 Å². The summed E-state index contributed by atoms with van der Waals surface area (Å²) in [5, 5.41) is 11.2. The number of carbonyl (C=O) groups excluding carboxylic acids is 2. The second kappa shape index (κ2) is 8.44. The molecule has 7 nitrogen and oxygen atoms in total. The molecule has 0 saturated heterocycles. The van der Waals surface area contributed by atoms with Gasteiger partial charge in [0.2, 0.25) is 0 Å². The number of nitro groups is 1. The van der Waals surface area contributed by atoms with Crippen molar-refractivity contribution in [2.75, 3.05) is 11.4 Å². The maximum absolute atomic E-state index is 12.6. The number of ether oxygens (including phenoxy) is 1. The van der Waals surface area contributed by atoms with Gasteiger partial charge in [-0.3, -0.25) is 14.9 Å². The highest BCUT2D eigenvalue weighted by molar-refractivity contribution is 6.31. The Balaban J connectivity index is 2.20. The third kappa shape index (κ3) is 4.37. The summed E-state index contributed by atoms with van der Waals surface area (Å²) in [6.45, 7) is 3.59. The smallest absolute Gasteiger partial charge is 0.345 e. The SMILES string of the molecule is CCN(C(=O)[C@H](C)OC(=O)c1cc(Cl)ccc1[N+](=O)[O-])c1ccccc1. The van der Waals surface area contributed by atoms with E-state index in [-0.39, 0.29) is 10.6 Å². The van der Waals surface area contributed by atoms with Crippen LogP contribution in [0.15, 0.2) is 48.5 Å². The van der Waals surface area contributed by atoms with Crippen LogP contribution < -0.4 is 4.90 Å². The molecule has 0 fully saturated rings. The topological polar surface area (TPSA) is 89.8 Å². The van der Waals surface area contributed by atoms with Crippen LogP contribution in [0.4, 0.5) is 11.4 Å². The first kappa shape index (κ1) is 19.4. The maximum Gasteiger partial charge on any atom is 0.345 e. The summed E-state index contributed by atoms with van der Waals surface area (Å²) in [5.74, 6) is -1.42. The lowest BCUT2D eigenvalue weighted by Gasteiger charge is -2.24. The zero-order chi connectivity index (χ0) is 19.3. The molecule has 1 atom stereocenters. The average Bonchev–Trinajstić information content (AvgIpc) is 2.62. The van der Waals surface area contributed by atoms with Crippen molar-refractivity contribution in [3.8, 4) is 0 Å². The van der Waals surface area contributed by atoms with E-state index in [9.17, 15) is 19.7 Å². The minimum absolute atomic E-state index is 0.154. The number of para-hydroxylation sites is 1. The number of esters is 1. The summed E-state index contributed by atoms with van der Waals surface area (Å²) in [5.41, 5.74) is -0.0731. The van der Waals surface area contributed by atoms with Crippen LogP contribution in [0.1, 0.15) is 24.2 Å². The van der Waals surface area contributed by atoms with Crippen molar-refractivity contribution in [3.05, 3.63) is 69.2 Å². The van der Waals surface area contributed by atoms with E-state index in [0.717, 1.165) is 12.1 Å². The van der Waals surface area contributed by atoms with Gasteiger partial charge in [-0.25, -0.2) is 4.79 Å². The fraction of sp³-hybridized carbons (Fsp3) is 0.222. The molecule has 136 valence electrons. The molecule has 2 aromatic carbocycles. The van der Waals surface area contributed by atoms with Crippen molar-refractivity contribution in [1.29, 1.82) is 0 Å². The first-order valence-corrected chi connectivity index (χ1v) is 8.24. The second-order valence-electron chi connectivity index (χ2n) is 5.38. The van der Waals surface area contributed by atoms with E-state index in [0.29, 0.717) is 12.2 Å². The molecule has 0 unspecified atom stereocenters. The van der Waals surface area contributed by atoms with E-state index in [1.807, 2.05) is 6.07 Å². The predicted molar refractivity (Wildman–Crippen MR) is 97.5 cm³/mol. The number of amides is 1. The lowest BCUT2D eigenvalue weighted by molar-refractivity contribution is -0.385. The van der Waals surface area contributed by atoms with E-state index < -0.39 is 28.6 Å². The van der Waals surface area contributed by atoms with Gasteiger partial charge in [0, 0.05) is 23.3 Å². The van der Waals surface area contributed by atoms with Gasteiger partial charge in [0.05, 0.1) is 4.92 Å². The van der Waals surface area contributed by atoms with Gasteiger partial charge in [-0.1, -0.05) is 29.8 Å². The van der Waals surface area contributed by atoms with Crippen LogP contribution in [-0.4, -0.2) is 29.4 Å². The third-order valence-corrected chi connectivity index (χ3v) is 3.89. The zero-order valence-electron chi connectivity index (χ0n) is 14.2. The minimum Gasteiger partial charge on any atom is -0.449 e. The summed E-state index contributed by atoms with van der Waals surface area (Å²) in [6, 6.07) is 12.5. The first-order valence-electron chi connectivity index (χ1n) is 7.86. The quantitative estimate of drug-likeness (QED) is 0.434.